The molecule has 232 valence electrons. The van der Waals surface area contributed by atoms with E-state index >= 15 is 0 Å². The number of benzene rings is 7. The van der Waals surface area contributed by atoms with Crippen LogP contribution in [0.15, 0.2) is 170 Å². The summed E-state index contributed by atoms with van der Waals surface area (Å²) in [6.45, 7) is 2.20. The van der Waals surface area contributed by atoms with Crippen LogP contribution in [0.25, 0.3) is 77.3 Å². The zero-order valence-electron chi connectivity index (χ0n) is 27.2. The van der Waals surface area contributed by atoms with Gasteiger partial charge < -0.3 is 0 Å². The molecule has 1 unspecified atom stereocenters. The van der Waals surface area contributed by atoms with Gasteiger partial charge in [-0.1, -0.05) is 164 Å². The molecule has 0 radical (unpaired) electrons. The Hall–Kier alpha value is -6.19. The Morgan fingerprint density at radius 1 is 0.469 bits per heavy atom. The van der Waals surface area contributed by atoms with E-state index in [0.29, 0.717) is 11.6 Å². The minimum absolute atomic E-state index is 0.306. The average Bonchev–Trinajstić information content (AvgIpc) is 3.17. The van der Waals surface area contributed by atoms with Crippen LogP contribution in [0.4, 0.5) is 0 Å². The Kier molecular flexibility index (Phi) is 6.98. The summed E-state index contributed by atoms with van der Waals surface area (Å²) in [5.74, 6) is 2.15. The first-order valence-electron chi connectivity index (χ1n) is 16.8. The van der Waals surface area contributed by atoms with Crippen molar-refractivity contribution >= 4 is 32.3 Å². The van der Waals surface area contributed by atoms with Gasteiger partial charge in [-0.3, -0.25) is 0 Å². The van der Waals surface area contributed by atoms with Crippen molar-refractivity contribution in [2.75, 3.05) is 0 Å². The van der Waals surface area contributed by atoms with Crippen LogP contribution < -0.4 is 0 Å². The van der Waals surface area contributed by atoms with Gasteiger partial charge in [0.2, 0.25) is 0 Å². The highest BCUT2D eigenvalue weighted by atomic mass is 15.0. The van der Waals surface area contributed by atoms with Crippen LogP contribution in [0.2, 0.25) is 0 Å². The van der Waals surface area contributed by atoms with Crippen molar-refractivity contribution in [2.24, 2.45) is 0 Å². The second kappa shape index (κ2) is 11.8. The van der Waals surface area contributed by atoms with Gasteiger partial charge in [0.25, 0.3) is 0 Å². The first kappa shape index (κ1) is 29.0. The van der Waals surface area contributed by atoms with Gasteiger partial charge in [-0.2, -0.15) is 0 Å². The minimum atomic E-state index is -0.306. The van der Waals surface area contributed by atoms with Gasteiger partial charge in [0.15, 0.2) is 11.6 Å². The normalized spacial score (nSPS) is 15.7. The lowest BCUT2D eigenvalue weighted by Gasteiger charge is -2.25. The maximum absolute atomic E-state index is 5.09. The maximum Gasteiger partial charge on any atom is 0.163 e. The zero-order valence-corrected chi connectivity index (χ0v) is 27.2. The number of allylic oxidation sites excluding steroid dienone is 4. The van der Waals surface area contributed by atoms with Gasteiger partial charge in [0.05, 0.1) is 0 Å². The van der Waals surface area contributed by atoms with Gasteiger partial charge in [-0.25, -0.2) is 15.0 Å². The third kappa shape index (κ3) is 5.21. The van der Waals surface area contributed by atoms with Crippen molar-refractivity contribution in [1.82, 2.24) is 15.0 Å². The molecule has 3 heteroatoms. The molecule has 0 bridgehead atoms. The number of hydrogen-bond donors (Lipinski definition) is 0. The lowest BCUT2D eigenvalue weighted by molar-refractivity contribution is 0.554. The predicted octanol–water partition coefficient (Wildman–Crippen LogP) is 11.8. The highest BCUT2D eigenvalue weighted by molar-refractivity contribution is 6.10. The van der Waals surface area contributed by atoms with Crippen molar-refractivity contribution in [2.45, 2.75) is 18.8 Å². The summed E-state index contributed by atoms with van der Waals surface area (Å²) in [7, 11) is 0. The van der Waals surface area contributed by atoms with Crippen LogP contribution in [0.3, 0.4) is 0 Å². The van der Waals surface area contributed by atoms with Crippen LogP contribution in [0, 0.1) is 0 Å². The SMILES string of the molecule is CC1(c2nc(-c3ccccc3)nc(-c3ccc(-c4c(-c5ccc6c(ccc7ccccc76)c5)ccc5ccccc45)cc3)n2)C=CC=CC1. The number of hydrogen-bond acceptors (Lipinski definition) is 3. The standard InChI is InChI=1S/C46H33N3/c1-46(28-10-3-11-29-46)45-48-43(34-14-4-2-5-15-34)47-44(49-45)35-21-19-33(20-22-35)42-40-17-9-7-13-32(40)24-27-41(42)37-25-26-39-36(30-37)23-18-31-12-6-8-16-38(31)39/h2-28,30H,29H2,1H3. The molecular formula is C46H33N3. The van der Waals surface area contributed by atoms with E-state index < -0.39 is 0 Å². The molecule has 0 saturated heterocycles. The van der Waals surface area contributed by atoms with Crippen LogP contribution in [-0.2, 0) is 5.41 Å². The summed E-state index contributed by atoms with van der Waals surface area (Å²) >= 11 is 0. The van der Waals surface area contributed by atoms with Crippen molar-refractivity contribution in [3.8, 4) is 45.0 Å². The highest BCUT2D eigenvalue weighted by Gasteiger charge is 2.28. The summed E-state index contributed by atoms with van der Waals surface area (Å²) < 4.78 is 0. The molecule has 3 nitrogen and oxygen atoms in total. The molecule has 7 aromatic carbocycles. The summed E-state index contributed by atoms with van der Waals surface area (Å²) in [6.07, 6.45) is 9.39. The molecule has 1 aliphatic rings. The second-order valence-corrected chi connectivity index (χ2v) is 13.1. The fraction of sp³-hybridized carbons (Fsp3) is 0.0652. The molecule has 9 rings (SSSR count). The van der Waals surface area contributed by atoms with E-state index in [2.05, 4.69) is 159 Å². The van der Waals surface area contributed by atoms with E-state index in [1.165, 1.54) is 49.0 Å². The average molecular weight is 628 g/mol. The monoisotopic (exact) mass is 627 g/mol. The Morgan fingerprint density at radius 3 is 1.82 bits per heavy atom. The van der Waals surface area contributed by atoms with E-state index in [1.54, 1.807) is 0 Å². The van der Waals surface area contributed by atoms with Gasteiger partial charge in [0, 0.05) is 16.5 Å². The van der Waals surface area contributed by atoms with Crippen molar-refractivity contribution in [3.05, 3.63) is 176 Å². The van der Waals surface area contributed by atoms with Crippen molar-refractivity contribution in [1.29, 1.82) is 0 Å². The molecule has 1 heterocycles. The maximum atomic E-state index is 5.09. The quantitative estimate of drug-likeness (QED) is 0.178. The van der Waals surface area contributed by atoms with Crippen LogP contribution in [0.5, 0.6) is 0 Å². The first-order valence-corrected chi connectivity index (χ1v) is 16.8. The second-order valence-electron chi connectivity index (χ2n) is 13.1. The van der Waals surface area contributed by atoms with E-state index in [1.807, 2.05) is 18.2 Å². The smallest absolute Gasteiger partial charge is 0.163 e. The van der Waals surface area contributed by atoms with Gasteiger partial charge >= 0.3 is 0 Å². The summed E-state index contributed by atoms with van der Waals surface area (Å²) in [6, 6.07) is 52.0. The number of aromatic nitrogens is 3. The van der Waals surface area contributed by atoms with E-state index in [4.69, 9.17) is 15.0 Å². The molecular weight excluding hydrogens is 595 g/mol. The third-order valence-electron chi connectivity index (χ3n) is 9.85. The van der Waals surface area contributed by atoms with Crippen molar-refractivity contribution < 1.29 is 0 Å². The summed E-state index contributed by atoms with van der Waals surface area (Å²) in [4.78, 5) is 15.1. The molecule has 0 amide bonds. The number of fused-ring (bicyclic) bond motifs is 4. The van der Waals surface area contributed by atoms with Crippen LogP contribution >= 0.6 is 0 Å². The Bertz CT molecular complexity index is 2580. The van der Waals surface area contributed by atoms with Crippen LogP contribution in [-0.4, -0.2) is 15.0 Å². The van der Waals surface area contributed by atoms with Gasteiger partial charge in [-0.15, -0.1) is 0 Å². The molecule has 49 heavy (non-hydrogen) atoms. The third-order valence-corrected chi connectivity index (χ3v) is 9.85. The number of nitrogens with zero attached hydrogens (tertiary/aromatic N) is 3. The summed E-state index contributed by atoms with van der Waals surface area (Å²) in [5, 5.41) is 7.50. The Balaban J connectivity index is 1.17. The number of rotatable bonds is 5. The van der Waals surface area contributed by atoms with E-state index in [-0.39, 0.29) is 5.41 Å². The molecule has 0 fully saturated rings. The molecule has 1 aliphatic carbocycles. The van der Waals surface area contributed by atoms with Crippen LogP contribution in [0.1, 0.15) is 19.2 Å². The van der Waals surface area contributed by atoms with E-state index in [0.717, 1.165) is 28.9 Å². The van der Waals surface area contributed by atoms with Gasteiger partial charge in [0.1, 0.15) is 5.82 Å². The fourth-order valence-corrected chi connectivity index (χ4v) is 7.16. The largest absolute Gasteiger partial charge is 0.212 e. The molecule has 1 atom stereocenters. The first-order chi connectivity index (χ1) is 24.1. The topological polar surface area (TPSA) is 38.7 Å². The lowest BCUT2D eigenvalue weighted by Crippen LogP contribution is -2.24. The molecule has 0 spiro atoms. The molecule has 0 saturated carbocycles. The predicted molar refractivity (Wildman–Crippen MR) is 204 cm³/mol. The zero-order chi connectivity index (χ0) is 32.8. The summed E-state index contributed by atoms with van der Waals surface area (Å²) in [5.41, 5.74) is 6.41. The molecule has 0 N–H and O–H groups in total. The lowest BCUT2D eigenvalue weighted by atomic mass is 9.83. The molecule has 8 aromatic rings. The van der Waals surface area contributed by atoms with Crippen molar-refractivity contribution in [3.63, 3.8) is 0 Å². The van der Waals surface area contributed by atoms with E-state index in [9.17, 15) is 0 Å². The Morgan fingerprint density at radius 2 is 1.06 bits per heavy atom. The fourth-order valence-electron chi connectivity index (χ4n) is 7.16. The Labute approximate surface area is 286 Å². The molecule has 1 aromatic heterocycles. The molecule has 0 aliphatic heterocycles. The highest BCUT2D eigenvalue weighted by Crippen LogP contribution is 2.40. The van der Waals surface area contributed by atoms with Gasteiger partial charge in [-0.05, 0) is 74.0 Å². The minimum Gasteiger partial charge on any atom is -0.212 e.